The average Bonchev–Trinajstić information content (AvgIpc) is 2.42. The number of benzene rings is 1. The van der Waals surface area contributed by atoms with Crippen molar-refractivity contribution in [2.75, 3.05) is 6.61 Å². The predicted octanol–water partition coefficient (Wildman–Crippen LogP) is 3.72. The molecule has 0 saturated carbocycles. The lowest BCUT2D eigenvalue weighted by Gasteiger charge is -2.34. The van der Waals surface area contributed by atoms with Gasteiger partial charge in [0.25, 0.3) is 0 Å². The molecule has 3 heteroatoms. The van der Waals surface area contributed by atoms with Gasteiger partial charge in [0.1, 0.15) is 6.10 Å². The highest BCUT2D eigenvalue weighted by Gasteiger charge is 2.33. The van der Waals surface area contributed by atoms with Gasteiger partial charge in [-0.05, 0) is 24.5 Å². The van der Waals surface area contributed by atoms with E-state index in [1.54, 1.807) is 6.20 Å². The molecule has 0 fully saturated rings. The van der Waals surface area contributed by atoms with Crippen molar-refractivity contribution in [3.05, 3.63) is 42.1 Å². The van der Waals surface area contributed by atoms with E-state index in [1.165, 1.54) is 0 Å². The van der Waals surface area contributed by atoms with E-state index in [4.69, 9.17) is 4.74 Å². The summed E-state index contributed by atoms with van der Waals surface area (Å²) in [6.45, 7) is 8.76. The molecule has 2 unspecified atom stereocenters. The van der Waals surface area contributed by atoms with E-state index in [0.29, 0.717) is 6.61 Å². The van der Waals surface area contributed by atoms with Crippen molar-refractivity contribution >= 4 is 10.9 Å². The summed E-state index contributed by atoms with van der Waals surface area (Å²) in [5, 5.41) is 11.7. The van der Waals surface area contributed by atoms with Crippen LogP contribution in [0, 0.1) is 5.41 Å². The van der Waals surface area contributed by atoms with Crippen molar-refractivity contribution < 1.29 is 9.84 Å². The highest BCUT2D eigenvalue weighted by Crippen LogP contribution is 2.33. The number of aromatic nitrogens is 1. The third kappa shape index (κ3) is 3.17. The number of aliphatic hydroxyl groups excluding tert-OH is 1. The topological polar surface area (TPSA) is 42.4 Å². The van der Waals surface area contributed by atoms with Crippen molar-refractivity contribution in [1.82, 2.24) is 4.98 Å². The number of rotatable bonds is 4. The van der Waals surface area contributed by atoms with Crippen LogP contribution in [0.2, 0.25) is 0 Å². The largest absolute Gasteiger partial charge is 0.386 e. The lowest BCUT2D eigenvalue weighted by atomic mass is 9.83. The fourth-order valence-corrected chi connectivity index (χ4v) is 2.42. The zero-order chi connectivity index (χ0) is 14.8. The van der Waals surface area contributed by atoms with Gasteiger partial charge in [-0.15, -0.1) is 0 Å². The Morgan fingerprint density at radius 2 is 1.95 bits per heavy atom. The van der Waals surface area contributed by atoms with Crippen LogP contribution in [0.4, 0.5) is 0 Å². The van der Waals surface area contributed by atoms with Crippen LogP contribution >= 0.6 is 0 Å². The Hall–Kier alpha value is -1.45. The SMILES string of the molecule is CCOC(C(O)c1cnc2ccccc2c1)C(C)(C)C. The van der Waals surface area contributed by atoms with Crippen molar-refractivity contribution in [2.24, 2.45) is 5.41 Å². The normalized spacial score (nSPS) is 15.2. The molecule has 0 aliphatic carbocycles. The second-order valence-corrected chi connectivity index (χ2v) is 6.15. The molecule has 108 valence electrons. The number of fused-ring (bicyclic) bond motifs is 1. The summed E-state index contributed by atoms with van der Waals surface area (Å²) < 4.78 is 5.76. The molecular formula is C17H23NO2. The number of aliphatic hydroxyl groups is 1. The first kappa shape index (κ1) is 14.9. The van der Waals surface area contributed by atoms with Crippen molar-refractivity contribution in [3.8, 4) is 0 Å². The molecule has 2 rings (SSSR count). The molecule has 0 amide bonds. The summed E-state index contributed by atoms with van der Waals surface area (Å²) in [6.07, 6.45) is 0.813. The van der Waals surface area contributed by atoms with E-state index < -0.39 is 6.10 Å². The van der Waals surface area contributed by atoms with Crippen molar-refractivity contribution in [2.45, 2.75) is 39.9 Å². The van der Waals surface area contributed by atoms with Crippen LogP contribution in [0.1, 0.15) is 39.4 Å². The van der Waals surface area contributed by atoms with Gasteiger partial charge in [0.05, 0.1) is 11.6 Å². The van der Waals surface area contributed by atoms with Gasteiger partial charge in [-0.2, -0.15) is 0 Å². The number of hydrogen-bond acceptors (Lipinski definition) is 3. The van der Waals surface area contributed by atoms with Gasteiger partial charge in [-0.1, -0.05) is 39.0 Å². The van der Waals surface area contributed by atoms with Gasteiger partial charge in [0.15, 0.2) is 0 Å². The molecule has 0 radical (unpaired) electrons. The summed E-state index contributed by atoms with van der Waals surface area (Å²) in [4.78, 5) is 4.41. The van der Waals surface area contributed by atoms with E-state index >= 15 is 0 Å². The molecule has 2 atom stereocenters. The lowest BCUT2D eigenvalue weighted by Crippen LogP contribution is -2.35. The minimum absolute atomic E-state index is 0.138. The average molecular weight is 273 g/mol. The Kier molecular flexibility index (Phi) is 4.41. The van der Waals surface area contributed by atoms with Crippen molar-refractivity contribution in [3.63, 3.8) is 0 Å². The minimum atomic E-state index is -0.674. The number of para-hydroxylation sites is 1. The Labute approximate surface area is 120 Å². The third-order valence-corrected chi connectivity index (χ3v) is 3.44. The van der Waals surface area contributed by atoms with Crippen LogP contribution in [0.15, 0.2) is 36.5 Å². The van der Waals surface area contributed by atoms with E-state index in [1.807, 2.05) is 37.3 Å². The van der Waals surface area contributed by atoms with Crippen LogP contribution in [0.3, 0.4) is 0 Å². The monoisotopic (exact) mass is 273 g/mol. The Balaban J connectivity index is 2.35. The molecule has 0 saturated heterocycles. The van der Waals surface area contributed by atoms with Gasteiger partial charge in [-0.25, -0.2) is 0 Å². The molecule has 0 spiro atoms. The molecule has 3 nitrogen and oxygen atoms in total. The van der Waals surface area contributed by atoms with Gasteiger partial charge < -0.3 is 9.84 Å². The summed E-state index contributed by atoms with van der Waals surface area (Å²) in [6, 6.07) is 9.90. The van der Waals surface area contributed by atoms with Crippen LogP contribution in [-0.4, -0.2) is 22.8 Å². The maximum absolute atomic E-state index is 10.6. The molecule has 1 heterocycles. The fraction of sp³-hybridized carbons (Fsp3) is 0.471. The second kappa shape index (κ2) is 5.90. The predicted molar refractivity (Wildman–Crippen MR) is 81.6 cm³/mol. The van der Waals surface area contributed by atoms with E-state index in [0.717, 1.165) is 16.5 Å². The number of hydrogen-bond donors (Lipinski definition) is 1. The Bertz CT molecular complexity index is 574. The first-order chi connectivity index (χ1) is 9.43. The van der Waals surface area contributed by atoms with Crippen LogP contribution in [0.25, 0.3) is 10.9 Å². The molecule has 2 aromatic rings. The molecule has 1 aromatic carbocycles. The molecular weight excluding hydrogens is 250 g/mol. The fourth-order valence-electron chi connectivity index (χ4n) is 2.42. The third-order valence-electron chi connectivity index (χ3n) is 3.44. The van der Waals surface area contributed by atoms with Gasteiger partial charge in [0.2, 0.25) is 0 Å². The van der Waals surface area contributed by atoms with E-state index in [2.05, 4.69) is 25.8 Å². The first-order valence-electron chi connectivity index (χ1n) is 7.08. The lowest BCUT2D eigenvalue weighted by molar-refractivity contribution is -0.0899. The molecule has 1 N–H and O–H groups in total. The summed E-state index contributed by atoms with van der Waals surface area (Å²) in [5.41, 5.74) is 1.60. The second-order valence-electron chi connectivity index (χ2n) is 6.15. The van der Waals surface area contributed by atoms with E-state index in [-0.39, 0.29) is 11.5 Å². The molecule has 1 aromatic heterocycles. The summed E-state index contributed by atoms with van der Waals surface area (Å²) >= 11 is 0. The van der Waals surface area contributed by atoms with Gasteiger partial charge in [-0.3, -0.25) is 4.98 Å². The van der Waals surface area contributed by atoms with Crippen LogP contribution in [-0.2, 0) is 4.74 Å². The number of ether oxygens (including phenoxy) is 1. The molecule has 20 heavy (non-hydrogen) atoms. The zero-order valence-electron chi connectivity index (χ0n) is 12.6. The Morgan fingerprint density at radius 3 is 2.60 bits per heavy atom. The highest BCUT2D eigenvalue weighted by atomic mass is 16.5. The van der Waals surface area contributed by atoms with Crippen molar-refractivity contribution in [1.29, 1.82) is 0 Å². The minimum Gasteiger partial charge on any atom is -0.386 e. The standard InChI is InChI=1S/C17H23NO2/c1-5-20-16(17(2,3)4)15(19)13-10-12-8-6-7-9-14(12)18-11-13/h6-11,15-16,19H,5H2,1-4H3. The smallest absolute Gasteiger partial charge is 0.107 e. The maximum Gasteiger partial charge on any atom is 0.107 e. The van der Waals surface area contributed by atoms with Gasteiger partial charge >= 0.3 is 0 Å². The first-order valence-corrected chi connectivity index (χ1v) is 7.08. The zero-order valence-corrected chi connectivity index (χ0v) is 12.6. The number of pyridine rings is 1. The molecule has 0 bridgehead atoms. The quantitative estimate of drug-likeness (QED) is 0.923. The molecule has 0 aliphatic heterocycles. The summed E-state index contributed by atoms with van der Waals surface area (Å²) in [7, 11) is 0. The maximum atomic E-state index is 10.6. The van der Waals surface area contributed by atoms with Crippen LogP contribution in [0.5, 0.6) is 0 Å². The number of nitrogens with zero attached hydrogens (tertiary/aromatic N) is 1. The van der Waals surface area contributed by atoms with E-state index in [9.17, 15) is 5.11 Å². The van der Waals surface area contributed by atoms with Crippen LogP contribution < -0.4 is 0 Å². The van der Waals surface area contributed by atoms with Gasteiger partial charge in [0, 0.05) is 23.8 Å². The summed E-state index contributed by atoms with van der Waals surface area (Å²) in [5.74, 6) is 0. The molecule has 0 aliphatic rings. The Morgan fingerprint density at radius 1 is 1.25 bits per heavy atom. The highest BCUT2D eigenvalue weighted by molar-refractivity contribution is 5.78.